The SMILES string of the molecule is C[C@H](N)C(=O)NC(/C=C/CCC(=O)O)C(=O)O. The lowest BCUT2D eigenvalue weighted by Gasteiger charge is -2.12. The Balaban J connectivity index is 4.30. The number of carboxylic acid groups (broad SMARTS) is 2. The number of carboxylic acids is 2. The zero-order valence-corrected chi connectivity index (χ0v) is 9.42. The maximum absolute atomic E-state index is 11.2. The molecule has 0 bridgehead atoms. The summed E-state index contributed by atoms with van der Waals surface area (Å²) in [5.41, 5.74) is 5.27. The van der Waals surface area contributed by atoms with Crippen LogP contribution in [0.15, 0.2) is 12.2 Å². The Morgan fingerprint density at radius 1 is 1.35 bits per heavy atom. The van der Waals surface area contributed by atoms with E-state index in [4.69, 9.17) is 15.9 Å². The number of nitrogens with one attached hydrogen (secondary N) is 1. The van der Waals surface area contributed by atoms with Crippen LogP contribution in [0, 0.1) is 0 Å². The molecule has 0 saturated carbocycles. The molecule has 96 valence electrons. The number of nitrogens with two attached hydrogens (primary N) is 1. The fraction of sp³-hybridized carbons (Fsp3) is 0.500. The van der Waals surface area contributed by atoms with E-state index < -0.39 is 29.9 Å². The lowest BCUT2D eigenvalue weighted by atomic mass is 10.2. The van der Waals surface area contributed by atoms with Gasteiger partial charge in [0.1, 0.15) is 6.04 Å². The number of carbonyl (C=O) groups excluding carboxylic acids is 1. The molecule has 0 aliphatic carbocycles. The molecule has 1 unspecified atom stereocenters. The van der Waals surface area contributed by atoms with Gasteiger partial charge in [-0.25, -0.2) is 4.79 Å². The molecule has 0 spiro atoms. The summed E-state index contributed by atoms with van der Waals surface area (Å²) in [6.07, 6.45) is 2.73. The molecule has 0 aliphatic heterocycles. The summed E-state index contributed by atoms with van der Waals surface area (Å²) >= 11 is 0. The smallest absolute Gasteiger partial charge is 0.330 e. The minimum atomic E-state index is -1.23. The molecule has 0 aliphatic rings. The van der Waals surface area contributed by atoms with Crippen LogP contribution in [0.25, 0.3) is 0 Å². The first-order valence-corrected chi connectivity index (χ1v) is 5.01. The van der Waals surface area contributed by atoms with Crippen molar-refractivity contribution in [1.82, 2.24) is 5.32 Å². The van der Waals surface area contributed by atoms with Gasteiger partial charge in [0.15, 0.2) is 0 Å². The maximum Gasteiger partial charge on any atom is 0.330 e. The summed E-state index contributed by atoms with van der Waals surface area (Å²) in [6, 6.07) is -1.99. The van der Waals surface area contributed by atoms with Gasteiger partial charge in [0.2, 0.25) is 5.91 Å². The van der Waals surface area contributed by atoms with Gasteiger partial charge in [-0.15, -0.1) is 0 Å². The van der Waals surface area contributed by atoms with Crippen molar-refractivity contribution in [2.24, 2.45) is 5.73 Å². The van der Waals surface area contributed by atoms with E-state index in [0.717, 1.165) is 0 Å². The Morgan fingerprint density at radius 2 is 1.94 bits per heavy atom. The monoisotopic (exact) mass is 244 g/mol. The Kier molecular flexibility index (Phi) is 6.57. The second kappa shape index (κ2) is 7.39. The van der Waals surface area contributed by atoms with Gasteiger partial charge in [0.25, 0.3) is 0 Å². The fourth-order valence-corrected chi connectivity index (χ4v) is 0.916. The van der Waals surface area contributed by atoms with Crippen LogP contribution >= 0.6 is 0 Å². The Labute approximate surface area is 98.3 Å². The average molecular weight is 244 g/mol. The van der Waals surface area contributed by atoms with Gasteiger partial charge < -0.3 is 21.3 Å². The van der Waals surface area contributed by atoms with Crippen molar-refractivity contribution < 1.29 is 24.6 Å². The number of allylic oxidation sites excluding steroid dienone is 1. The molecule has 5 N–H and O–H groups in total. The van der Waals surface area contributed by atoms with Gasteiger partial charge in [0.05, 0.1) is 6.04 Å². The Morgan fingerprint density at radius 3 is 2.35 bits per heavy atom. The van der Waals surface area contributed by atoms with Crippen LogP contribution in [0.4, 0.5) is 0 Å². The number of hydrogen-bond donors (Lipinski definition) is 4. The van der Waals surface area contributed by atoms with Crippen LogP contribution in [0.1, 0.15) is 19.8 Å². The minimum Gasteiger partial charge on any atom is -0.481 e. The third-order valence-electron chi connectivity index (χ3n) is 1.83. The normalized spacial score (nSPS) is 14.2. The van der Waals surface area contributed by atoms with E-state index in [-0.39, 0.29) is 12.8 Å². The second-order valence-corrected chi connectivity index (χ2v) is 3.47. The first kappa shape index (κ1) is 15.1. The average Bonchev–Trinajstić information content (AvgIpc) is 2.21. The van der Waals surface area contributed by atoms with E-state index in [0.29, 0.717) is 0 Å². The van der Waals surface area contributed by atoms with Crippen molar-refractivity contribution in [1.29, 1.82) is 0 Å². The van der Waals surface area contributed by atoms with Crippen LogP contribution in [-0.2, 0) is 14.4 Å². The van der Waals surface area contributed by atoms with E-state index in [1.165, 1.54) is 19.1 Å². The number of aliphatic carboxylic acids is 2. The second-order valence-electron chi connectivity index (χ2n) is 3.47. The largest absolute Gasteiger partial charge is 0.481 e. The van der Waals surface area contributed by atoms with E-state index in [1.807, 2.05) is 0 Å². The van der Waals surface area contributed by atoms with Gasteiger partial charge in [-0.2, -0.15) is 0 Å². The van der Waals surface area contributed by atoms with Gasteiger partial charge in [-0.05, 0) is 13.3 Å². The molecule has 1 amide bonds. The third-order valence-corrected chi connectivity index (χ3v) is 1.83. The Hall–Kier alpha value is -1.89. The number of amides is 1. The first-order valence-electron chi connectivity index (χ1n) is 5.01. The highest BCUT2D eigenvalue weighted by Gasteiger charge is 2.18. The molecule has 0 aromatic heterocycles. The fourth-order valence-electron chi connectivity index (χ4n) is 0.916. The van der Waals surface area contributed by atoms with E-state index >= 15 is 0 Å². The summed E-state index contributed by atoms with van der Waals surface area (Å²) < 4.78 is 0. The zero-order valence-electron chi connectivity index (χ0n) is 9.42. The van der Waals surface area contributed by atoms with E-state index in [1.54, 1.807) is 0 Å². The molecule has 7 nitrogen and oxygen atoms in total. The summed E-state index contributed by atoms with van der Waals surface area (Å²) in [7, 11) is 0. The summed E-state index contributed by atoms with van der Waals surface area (Å²) in [5, 5.41) is 19.4. The highest BCUT2D eigenvalue weighted by Crippen LogP contribution is 1.95. The lowest BCUT2D eigenvalue weighted by Crippen LogP contribution is -2.46. The van der Waals surface area contributed by atoms with Crippen molar-refractivity contribution in [3.63, 3.8) is 0 Å². The summed E-state index contributed by atoms with van der Waals surface area (Å²) in [6.45, 7) is 1.43. The van der Waals surface area contributed by atoms with Gasteiger partial charge in [0, 0.05) is 6.42 Å². The molecular formula is C10H16N2O5. The topological polar surface area (TPSA) is 130 Å². The number of hydrogen-bond acceptors (Lipinski definition) is 4. The quantitative estimate of drug-likeness (QED) is 0.439. The van der Waals surface area contributed by atoms with Crippen molar-refractivity contribution in [3.05, 3.63) is 12.2 Å². The Bertz CT molecular complexity index is 325. The first-order chi connectivity index (χ1) is 7.84. The molecule has 0 rings (SSSR count). The van der Waals surface area contributed by atoms with Crippen molar-refractivity contribution >= 4 is 17.8 Å². The predicted octanol–water partition coefficient (Wildman–Crippen LogP) is -0.676. The summed E-state index contributed by atoms with van der Waals surface area (Å²) in [4.78, 5) is 32.1. The van der Waals surface area contributed by atoms with Crippen LogP contribution in [0.3, 0.4) is 0 Å². The standard InChI is InChI=1S/C10H16N2O5/c1-6(11)9(15)12-7(10(16)17)4-2-3-5-8(13)14/h2,4,6-7H,3,5,11H2,1H3,(H,12,15)(H,13,14)(H,16,17)/b4-2+/t6-,7?/m0/s1. The highest BCUT2D eigenvalue weighted by atomic mass is 16.4. The van der Waals surface area contributed by atoms with Crippen molar-refractivity contribution in [2.75, 3.05) is 0 Å². The lowest BCUT2D eigenvalue weighted by molar-refractivity contribution is -0.140. The molecule has 17 heavy (non-hydrogen) atoms. The molecular weight excluding hydrogens is 228 g/mol. The number of carbonyl (C=O) groups is 3. The summed E-state index contributed by atoms with van der Waals surface area (Å²) in [5.74, 6) is -2.79. The predicted molar refractivity (Wildman–Crippen MR) is 59.2 cm³/mol. The van der Waals surface area contributed by atoms with Crippen LogP contribution < -0.4 is 11.1 Å². The van der Waals surface area contributed by atoms with Gasteiger partial charge >= 0.3 is 11.9 Å². The van der Waals surface area contributed by atoms with Gasteiger partial charge in [-0.1, -0.05) is 12.2 Å². The molecule has 7 heteroatoms. The molecule has 0 aromatic rings. The molecule has 0 fully saturated rings. The third kappa shape index (κ3) is 7.07. The molecule has 0 aromatic carbocycles. The number of rotatable bonds is 7. The van der Waals surface area contributed by atoms with Gasteiger partial charge in [-0.3, -0.25) is 9.59 Å². The van der Waals surface area contributed by atoms with Crippen LogP contribution in [0.5, 0.6) is 0 Å². The molecule has 0 saturated heterocycles. The van der Waals surface area contributed by atoms with E-state index in [9.17, 15) is 14.4 Å². The van der Waals surface area contributed by atoms with Crippen molar-refractivity contribution in [2.45, 2.75) is 31.8 Å². The minimum absolute atomic E-state index is 0.0932. The van der Waals surface area contributed by atoms with Crippen LogP contribution in [0.2, 0.25) is 0 Å². The van der Waals surface area contributed by atoms with Crippen molar-refractivity contribution in [3.8, 4) is 0 Å². The zero-order chi connectivity index (χ0) is 13.4. The molecule has 0 heterocycles. The molecule has 0 radical (unpaired) electrons. The molecule has 2 atom stereocenters. The highest BCUT2D eigenvalue weighted by molar-refractivity contribution is 5.87. The van der Waals surface area contributed by atoms with Crippen LogP contribution in [-0.4, -0.2) is 40.1 Å². The van der Waals surface area contributed by atoms with E-state index in [2.05, 4.69) is 5.32 Å². The maximum atomic E-state index is 11.2.